The molecule has 3 aromatic rings. The molecule has 1 saturated heterocycles. The van der Waals surface area contributed by atoms with E-state index in [4.69, 9.17) is 4.42 Å². The molecular formula is C27H31N3O2. The molecule has 0 spiro atoms. The van der Waals surface area contributed by atoms with E-state index in [-0.39, 0.29) is 5.91 Å². The Morgan fingerprint density at radius 1 is 0.844 bits per heavy atom. The zero-order chi connectivity index (χ0) is 22.0. The molecule has 0 N–H and O–H groups in total. The van der Waals surface area contributed by atoms with Crippen molar-refractivity contribution in [3.63, 3.8) is 0 Å². The van der Waals surface area contributed by atoms with E-state index in [1.165, 1.54) is 5.56 Å². The predicted octanol–water partition coefficient (Wildman–Crippen LogP) is 4.14. The minimum atomic E-state index is 0.141. The second-order valence-electron chi connectivity index (χ2n) is 8.20. The van der Waals surface area contributed by atoms with Gasteiger partial charge in [-0.05, 0) is 23.3 Å². The number of furan rings is 1. The standard InChI is InChI=1S/C27H31N3O2/c31-27(30(22-26-14-8-20-32-26)21-25-11-5-2-6-12-25)23-29-18-16-28(17-19-29)15-7-13-24-9-3-1-4-10-24/h1-14,20H,15-19,21-23H2. The first-order chi connectivity index (χ1) is 15.8. The van der Waals surface area contributed by atoms with Gasteiger partial charge in [-0.15, -0.1) is 0 Å². The van der Waals surface area contributed by atoms with Crippen molar-refractivity contribution >= 4 is 12.0 Å². The Hall–Kier alpha value is -3.15. The molecule has 0 aliphatic carbocycles. The summed E-state index contributed by atoms with van der Waals surface area (Å²) in [7, 11) is 0. The summed E-state index contributed by atoms with van der Waals surface area (Å²) in [5.41, 5.74) is 2.36. The normalized spacial score (nSPS) is 15.2. The van der Waals surface area contributed by atoms with Crippen LogP contribution >= 0.6 is 0 Å². The molecule has 1 amide bonds. The van der Waals surface area contributed by atoms with Crippen LogP contribution in [-0.4, -0.2) is 59.9 Å². The van der Waals surface area contributed by atoms with Gasteiger partial charge in [-0.2, -0.15) is 0 Å². The molecule has 166 valence electrons. The third kappa shape index (κ3) is 6.67. The van der Waals surface area contributed by atoms with E-state index in [0.29, 0.717) is 19.6 Å². The molecule has 0 atom stereocenters. The highest BCUT2D eigenvalue weighted by atomic mass is 16.3. The van der Waals surface area contributed by atoms with Gasteiger partial charge in [0.25, 0.3) is 0 Å². The minimum absolute atomic E-state index is 0.141. The molecule has 0 bridgehead atoms. The molecule has 1 aliphatic heterocycles. The zero-order valence-electron chi connectivity index (χ0n) is 18.5. The number of nitrogens with zero attached hydrogens (tertiary/aromatic N) is 3. The van der Waals surface area contributed by atoms with E-state index in [9.17, 15) is 4.79 Å². The summed E-state index contributed by atoms with van der Waals surface area (Å²) in [6.45, 7) is 6.23. The highest BCUT2D eigenvalue weighted by Crippen LogP contribution is 2.12. The van der Waals surface area contributed by atoms with Crippen LogP contribution in [0.25, 0.3) is 6.08 Å². The maximum Gasteiger partial charge on any atom is 0.237 e. The fraction of sp³-hybridized carbons (Fsp3) is 0.296. The Labute approximate surface area is 190 Å². The van der Waals surface area contributed by atoms with Crippen LogP contribution in [0, 0.1) is 0 Å². The predicted molar refractivity (Wildman–Crippen MR) is 128 cm³/mol. The number of piperazine rings is 1. The van der Waals surface area contributed by atoms with E-state index in [0.717, 1.165) is 44.0 Å². The van der Waals surface area contributed by atoms with E-state index >= 15 is 0 Å². The number of hydrogen-bond donors (Lipinski definition) is 0. The summed E-state index contributed by atoms with van der Waals surface area (Å²) in [5.74, 6) is 0.951. The lowest BCUT2D eigenvalue weighted by Gasteiger charge is -2.35. The van der Waals surface area contributed by atoms with Crippen molar-refractivity contribution in [1.82, 2.24) is 14.7 Å². The third-order valence-corrected chi connectivity index (χ3v) is 5.79. The molecule has 0 radical (unpaired) electrons. The largest absolute Gasteiger partial charge is 0.467 e. The number of carbonyl (C=O) groups is 1. The Balaban J connectivity index is 1.27. The van der Waals surface area contributed by atoms with E-state index < -0.39 is 0 Å². The third-order valence-electron chi connectivity index (χ3n) is 5.79. The highest BCUT2D eigenvalue weighted by Gasteiger charge is 2.22. The van der Waals surface area contributed by atoms with E-state index in [2.05, 4.69) is 58.4 Å². The number of hydrogen-bond acceptors (Lipinski definition) is 4. The molecule has 2 aromatic carbocycles. The number of amides is 1. The first kappa shape index (κ1) is 22.1. The van der Waals surface area contributed by atoms with Crippen molar-refractivity contribution in [2.24, 2.45) is 0 Å². The van der Waals surface area contributed by atoms with Crippen LogP contribution in [-0.2, 0) is 17.9 Å². The fourth-order valence-electron chi connectivity index (χ4n) is 3.95. The van der Waals surface area contributed by atoms with Gasteiger partial charge in [0.1, 0.15) is 5.76 Å². The molecule has 2 heterocycles. The SMILES string of the molecule is O=C(CN1CCN(CC=Cc2ccccc2)CC1)N(Cc1ccccc1)Cc1ccco1. The maximum absolute atomic E-state index is 13.2. The Morgan fingerprint density at radius 2 is 1.53 bits per heavy atom. The second kappa shape index (κ2) is 11.5. The van der Waals surface area contributed by atoms with Crippen LogP contribution in [0.5, 0.6) is 0 Å². The maximum atomic E-state index is 13.2. The van der Waals surface area contributed by atoms with Crippen LogP contribution in [0.15, 0.2) is 89.6 Å². The molecule has 1 aromatic heterocycles. The summed E-state index contributed by atoms with van der Waals surface area (Å²) in [5, 5.41) is 0. The smallest absolute Gasteiger partial charge is 0.237 e. The van der Waals surface area contributed by atoms with E-state index in [1.807, 2.05) is 41.3 Å². The molecule has 1 fully saturated rings. The van der Waals surface area contributed by atoms with Gasteiger partial charge in [-0.1, -0.05) is 72.8 Å². The Kier molecular flexibility index (Phi) is 7.90. The highest BCUT2D eigenvalue weighted by molar-refractivity contribution is 5.78. The summed E-state index contributed by atoms with van der Waals surface area (Å²) in [6, 6.07) is 24.3. The molecule has 0 saturated carbocycles. The van der Waals surface area contributed by atoms with Crippen LogP contribution < -0.4 is 0 Å². The van der Waals surface area contributed by atoms with Crippen molar-refractivity contribution in [2.45, 2.75) is 13.1 Å². The fourth-order valence-corrected chi connectivity index (χ4v) is 3.95. The summed E-state index contributed by atoms with van der Waals surface area (Å²) in [6.07, 6.45) is 6.05. The second-order valence-corrected chi connectivity index (χ2v) is 8.20. The van der Waals surface area contributed by atoms with Gasteiger partial charge >= 0.3 is 0 Å². The molecule has 5 nitrogen and oxygen atoms in total. The summed E-state index contributed by atoms with van der Waals surface area (Å²) < 4.78 is 5.50. The lowest BCUT2D eigenvalue weighted by molar-refractivity contribution is -0.134. The summed E-state index contributed by atoms with van der Waals surface area (Å²) >= 11 is 0. The van der Waals surface area contributed by atoms with E-state index in [1.54, 1.807) is 6.26 Å². The topological polar surface area (TPSA) is 39.9 Å². The molecule has 1 aliphatic rings. The molecule has 4 rings (SSSR count). The van der Waals surface area contributed by atoms with Gasteiger partial charge in [-0.3, -0.25) is 14.6 Å². The van der Waals surface area contributed by atoms with Gasteiger partial charge in [0.15, 0.2) is 0 Å². The zero-order valence-corrected chi connectivity index (χ0v) is 18.5. The molecule has 0 unspecified atom stereocenters. The Bertz CT molecular complexity index is 963. The van der Waals surface area contributed by atoms with Gasteiger partial charge < -0.3 is 9.32 Å². The lowest BCUT2D eigenvalue weighted by Crippen LogP contribution is -2.49. The number of rotatable bonds is 9. The van der Waals surface area contributed by atoms with Gasteiger partial charge in [0.05, 0.1) is 19.4 Å². The van der Waals surface area contributed by atoms with Crippen LogP contribution in [0.3, 0.4) is 0 Å². The van der Waals surface area contributed by atoms with Gasteiger partial charge in [0, 0.05) is 39.3 Å². The van der Waals surface area contributed by atoms with Crippen molar-refractivity contribution < 1.29 is 9.21 Å². The first-order valence-electron chi connectivity index (χ1n) is 11.3. The number of carbonyl (C=O) groups excluding carboxylic acids is 1. The first-order valence-corrected chi connectivity index (χ1v) is 11.3. The summed E-state index contributed by atoms with van der Waals surface area (Å²) in [4.78, 5) is 19.8. The van der Waals surface area contributed by atoms with Crippen molar-refractivity contribution in [1.29, 1.82) is 0 Å². The average molecular weight is 430 g/mol. The van der Waals surface area contributed by atoms with Crippen molar-refractivity contribution in [2.75, 3.05) is 39.3 Å². The quantitative estimate of drug-likeness (QED) is 0.513. The molecule has 32 heavy (non-hydrogen) atoms. The number of benzene rings is 2. The van der Waals surface area contributed by atoms with Crippen LogP contribution in [0.2, 0.25) is 0 Å². The Morgan fingerprint density at radius 3 is 2.22 bits per heavy atom. The van der Waals surface area contributed by atoms with Crippen molar-refractivity contribution in [3.05, 3.63) is 102 Å². The van der Waals surface area contributed by atoms with Crippen LogP contribution in [0.1, 0.15) is 16.9 Å². The van der Waals surface area contributed by atoms with Gasteiger partial charge in [-0.25, -0.2) is 0 Å². The molecular weight excluding hydrogens is 398 g/mol. The average Bonchev–Trinajstić information content (AvgIpc) is 3.34. The lowest BCUT2D eigenvalue weighted by atomic mass is 10.2. The van der Waals surface area contributed by atoms with Crippen molar-refractivity contribution in [3.8, 4) is 0 Å². The molecule has 5 heteroatoms. The monoisotopic (exact) mass is 429 g/mol. The van der Waals surface area contributed by atoms with Crippen LogP contribution in [0.4, 0.5) is 0 Å². The van der Waals surface area contributed by atoms with Gasteiger partial charge in [0.2, 0.25) is 5.91 Å². The minimum Gasteiger partial charge on any atom is -0.467 e.